The van der Waals surface area contributed by atoms with E-state index in [2.05, 4.69) is 0 Å². The van der Waals surface area contributed by atoms with Crippen molar-refractivity contribution in [2.24, 2.45) is 0 Å². The summed E-state index contributed by atoms with van der Waals surface area (Å²) in [5, 5.41) is 8.24. The van der Waals surface area contributed by atoms with Crippen molar-refractivity contribution >= 4 is 18.7 Å². The molecule has 114 valence electrons. The Hall–Kier alpha value is -1.60. The van der Waals surface area contributed by atoms with Gasteiger partial charge in [0.15, 0.2) is 0 Å². The second-order valence-electron chi connectivity index (χ2n) is 6.13. The highest BCUT2D eigenvalue weighted by atomic mass is 19.2. The van der Waals surface area contributed by atoms with E-state index in [0.717, 1.165) is 5.46 Å². The molecule has 1 N–H and O–H groups in total. The van der Waals surface area contributed by atoms with E-state index in [4.69, 9.17) is 14.4 Å². The van der Waals surface area contributed by atoms with Crippen molar-refractivity contribution in [3.05, 3.63) is 29.8 Å². The van der Waals surface area contributed by atoms with Gasteiger partial charge in [0.2, 0.25) is 0 Å². The zero-order chi connectivity index (χ0) is 15.8. The summed E-state index contributed by atoms with van der Waals surface area (Å²) in [5.41, 5.74) is 0.531. The summed E-state index contributed by atoms with van der Waals surface area (Å²) in [6, 6.07) is 6.84. The number of carboxylic acid groups (broad SMARTS) is 1. The van der Waals surface area contributed by atoms with Crippen LogP contribution in [0.5, 0.6) is 0 Å². The lowest BCUT2D eigenvalue weighted by Crippen LogP contribution is -2.41. The Morgan fingerprint density at radius 1 is 1.19 bits per heavy atom. The number of rotatable bonds is 3. The predicted molar refractivity (Wildman–Crippen MR) is 76.8 cm³/mol. The van der Waals surface area contributed by atoms with Crippen molar-refractivity contribution in [3.8, 4) is 0 Å². The van der Waals surface area contributed by atoms with Gasteiger partial charge < -0.3 is 14.4 Å². The van der Waals surface area contributed by atoms with Crippen molar-refractivity contribution in [2.45, 2.75) is 45.4 Å². The zero-order valence-electron chi connectivity index (χ0n) is 12.6. The van der Waals surface area contributed by atoms with Crippen LogP contribution in [-0.2, 0) is 15.9 Å². The second-order valence-corrected chi connectivity index (χ2v) is 6.13. The largest absolute Gasteiger partial charge is 0.494 e. The number of nitrogens with zero attached hydrogens (tertiary/aromatic N) is 1. The molecule has 1 saturated heterocycles. The fourth-order valence-electron chi connectivity index (χ4n) is 1.99. The highest BCUT2D eigenvalue weighted by Gasteiger charge is 2.51. The molecule has 1 fully saturated rings. The van der Waals surface area contributed by atoms with Gasteiger partial charge >= 0.3 is 13.2 Å². The van der Waals surface area contributed by atoms with Crippen molar-refractivity contribution in [1.82, 2.24) is 5.12 Å². The Labute approximate surface area is 123 Å². The normalized spacial score (nSPS) is 19.6. The van der Waals surface area contributed by atoms with Gasteiger partial charge in [-0.25, -0.2) is 4.79 Å². The number of amides is 1. The molecule has 0 radical (unpaired) electrons. The van der Waals surface area contributed by atoms with Gasteiger partial charge in [-0.3, -0.25) is 0 Å². The van der Waals surface area contributed by atoms with Gasteiger partial charge in [0, 0.05) is 0 Å². The Balaban J connectivity index is 2.09. The van der Waals surface area contributed by atoms with Crippen LogP contribution in [0.25, 0.3) is 0 Å². The fraction of sp³-hybridized carbons (Fsp3) is 0.500. The van der Waals surface area contributed by atoms with Gasteiger partial charge in [0.25, 0.3) is 0 Å². The van der Waals surface area contributed by atoms with Gasteiger partial charge in [-0.2, -0.15) is 0 Å². The SMILES string of the molecule is CC1(C)OB(c2ccc(CN(F)C(=O)O)cc2)OC1(C)C. The molecule has 1 aromatic rings. The van der Waals surface area contributed by atoms with E-state index in [0.29, 0.717) is 5.56 Å². The highest BCUT2D eigenvalue weighted by Crippen LogP contribution is 2.36. The molecule has 0 unspecified atom stereocenters. The maximum Gasteiger partial charge on any atom is 0.494 e. The molecule has 21 heavy (non-hydrogen) atoms. The minimum atomic E-state index is -1.61. The lowest BCUT2D eigenvalue weighted by atomic mass is 9.79. The third kappa shape index (κ3) is 3.19. The molecule has 0 aliphatic carbocycles. The number of benzene rings is 1. The fourth-order valence-corrected chi connectivity index (χ4v) is 1.99. The van der Waals surface area contributed by atoms with Crippen LogP contribution in [0.4, 0.5) is 9.28 Å². The van der Waals surface area contributed by atoms with Crippen LogP contribution < -0.4 is 5.46 Å². The predicted octanol–water partition coefficient (Wildman–Crippen LogP) is 2.35. The molecular weight excluding hydrogens is 276 g/mol. The van der Waals surface area contributed by atoms with E-state index >= 15 is 0 Å². The van der Waals surface area contributed by atoms with Gasteiger partial charge in [-0.1, -0.05) is 28.7 Å². The first-order chi connectivity index (χ1) is 9.62. The summed E-state index contributed by atoms with van der Waals surface area (Å²) in [4.78, 5) is 10.4. The maximum atomic E-state index is 13.0. The van der Waals surface area contributed by atoms with E-state index in [1.165, 1.54) is 0 Å². The van der Waals surface area contributed by atoms with Crippen molar-refractivity contribution in [2.75, 3.05) is 0 Å². The van der Waals surface area contributed by atoms with Crippen LogP contribution in [0.2, 0.25) is 0 Å². The third-order valence-electron chi connectivity index (χ3n) is 4.03. The molecular formula is C14H19BFNO4. The van der Waals surface area contributed by atoms with Gasteiger partial charge in [0.05, 0.1) is 17.7 Å². The summed E-state index contributed by atoms with van der Waals surface area (Å²) in [6.07, 6.45) is -1.61. The Morgan fingerprint density at radius 3 is 2.10 bits per heavy atom. The van der Waals surface area contributed by atoms with Crippen molar-refractivity contribution in [1.29, 1.82) is 0 Å². The number of hydrogen-bond donors (Lipinski definition) is 1. The van der Waals surface area contributed by atoms with E-state index in [1.54, 1.807) is 24.3 Å². The van der Waals surface area contributed by atoms with Crippen molar-refractivity contribution < 1.29 is 23.7 Å². The van der Waals surface area contributed by atoms with Gasteiger partial charge in [-0.15, -0.1) is 5.12 Å². The zero-order valence-corrected chi connectivity index (χ0v) is 12.6. The molecule has 0 saturated carbocycles. The molecule has 1 heterocycles. The van der Waals surface area contributed by atoms with E-state index in [9.17, 15) is 9.28 Å². The average Bonchev–Trinajstić information content (AvgIpc) is 2.59. The molecule has 0 bridgehead atoms. The lowest BCUT2D eigenvalue weighted by Gasteiger charge is -2.32. The van der Waals surface area contributed by atoms with E-state index in [-0.39, 0.29) is 11.7 Å². The maximum absolute atomic E-state index is 13.0. The molecule has 7 heteroatoms. The molecule has 5 nitrogen and oxygen atoms in total. The average molecular weight is 295 g/mol. The van der Waals surface area contributed by atoms with E-state index < -0.39 is 24.4 Å². The minimum Gasteiger partial charge on any atom is -0.463 e. The van der Waals surface area contributed by atoms with Crippen LogP contribution in [0.15, 0.2) is 24.3 Å². The first-order valence-corrected chi connectivity index (χ1v) is 6.73. The van der Waals surface area contributed by atoms with E-state index in [1.807, 2.05) is 27.7 Å². The second kappa shape index (κ2) is 5.31. The number of carbonyl (C=O) groups is 1. The summed E-state index contributed by atoms with van der Waals surface area (Å²) >= 11 is 0. The Kier molecular flexibility index (Phi) is 3.99. The first-order valence-electron chi connectivity index (χ1n) is 6.73. The minimum absolute atomic E-state index is 0.260. The molecule has 0 spiro atoms. The molecule has 1 aliphatic rings. The summed E-state index contributed by atoms with van der Waals surface area (Å²) in [5.74, 6) is 0. The lowest BCUT2D eigenvalue weighted by molar-refractivity contribution is 0.00578. The first kappa shape index (κ1) is 15.8. The number of halogens is 1. The van der Waals surface area contributed by atoms with Crippen molar-refractivity contribution in [3.63, 3.8) is 0 Å². The number of hydrogen-bond acceptors (Lipinski definition) is 3. The molecule has 2 rings (SSSR count). The van der Waals surface area contributed by atoms with Gasteiger partial charge in [0.1, 0.15) is 0 Å². The smallest absolute Gasteiger partial charge is 0.463 e. The van der Waals surface area contributed by atoms with Crippen LogP contribution in [0.1, 0.15) is 33.3 Å². The Bertz CT molecular complexity index is 516. The topological polar surface area (TPSA) is 59.0 Å². The standard InChI is InChI=1S/C14H19BFNO4/c1-13(2)14(3,4)21-15(20-13)11-7-5-10(6-8-11)9-17(16)12(18)19/h5-8H,9H2,1-4H3,(H,18,19). The molecule has 1 aliphatic heterocycles. The summed E-state index contributed by atoms with van der Waals surface area (Å²) in [7, 11) is -0.481. The summed E-state index contributed by atoms with van der Waals surface area (Å²) < 4.78 is 24.8. The molecule has 0 aromatic heterocycles. The van der Waals surface area contributed by atoms with Crippen LogP contribution in [0, 0.1) is 0 Å². The Morgan fingerprint density at radius 2 is 1.67 bits per heavy atom. The van der Waals surface area contributed by atoms with Crippen LogP contribution >= 0.6 is 0 Å². The molecule has 1 amide bonds. The highest BCUT2D eigenvalue weighted by molar-refractivity contribution is 6.62. The van der Waals surface area contributed by atoms with Crippen LogP contribution in [-0.4, -0.2) is 34.6 Å². The molecule has 0 atom stereocenters. The monoisotopic (exact) mass is 295 g/mol. The van der Waals surface area contributed by atoms with Gasteiger partial charge in [-0.05, 0) is 38.7 Å². The van der Waals surface area contributed by atoms with Crippen LogP contribution in [0.3, 0.4) is 0 Å². The third-order valence-corrected chi connectivity index (χ3v) is 4.03. The quantitative estimate of drug-likeness (QED) is 0.687. The summed E-state index contributed by atoms with van der Waals surface area (Å²) in [6.45, 7) is 7.56. The molecule has 1 aromatic carbocycles.